The van der Waals surface area contributed by atoms with Crippen LogP contribution in [0.3, 0.4) is 0 Å². The Bertz CT molecular complexity index is 1150. The van der Waals surface area contributed by atoms with Crippen molar-refractivity contribution in [3.05, 3.63) is 92.8 Å². The molecule has 7 heteroatoms. The molecule has 0 saturated carbocycles. The molecule has 0 saturated heterocycles. The average molecular weight is 542 g/mol. The van der Waals surface area contributed by atoms with Gasteiger partial charge in [0, 0.05) is 5.69 Å². The number of hydrogen-bond acceptors (Lipinski definition) is 4. The van der Waals surface area contributed by atoms with Crippen molar-refractivity contribution in [1.82, 2.24) is 0 Å². The predicted octanol–water partition coefficient (Wildman–Crippen LogP) is 5.95. The molecule has 162 valence electrons. The first-order valence-electron chi connectivity index (χ1n) is 9.81. The summed E-state index contributed by atoms with van der Waals surface area (Å²) in [5, 5.41) is 12.2. The summed E-state index contributed by atoms with van der Waals surface area (Å²) in [5.41, 5.74) is 2.10. The second kappa shape index (κ2) is 11.3. The number of ether oxygens (including phenoxy) is 2. The summed E-state index contributed by atoms with van der Waals surface area (Å²) in [6.07, 6.45) is 1.52. The van der Waals surface area contributed by atoms with Gasteiger partial charge in [-0.15, -0.1) is 0 Å². The number of carbonyl (C=O) groups is 1. The van der Waals surface area contributed by atoms with Gasteiger partial charge >= 0.3 is 0 Å². The summed E-state index contributed by atoms with van der Waals surface area (Å²) in [5.74, 6) is 0.574. The Balaban J connectivity index is 1.66. The molecule has 0 aliphatic rings. The van der Waals surface area contributed by atoms with E-state index in [9.17, 15) is 14.4 Å². The minimum absolute atomic E-state index is 0.0188. The third-order valence-electron chi connectivity index (χ3n) is 4.36. The molecule has 0 fully saturated rings. The van der Waals surface area contributed by atoms with Gasteiger partial charge in [-0.3, -0.25) is 4.79 Å². The van der Waals surface area contributed by atoms with E-state index in [1.165, 1.54) is 18.2 Å². The quantitative estimate of drug-likeness (QED) is 0.217. The van der Waals surface area contributed by atoms with Crippen LogP contribution in [0.5, 0.6) is 11.5 Å². The van der Waals surface area contributed by atoms with Crippen LogP contribution >= 0.6 is 22.6 Å². The summed E-state index contributed by atoms with van der Waals surface area (Å²) in [6.45, 7) is 2.76. The fourth-order valence-electron chi connectivity index (χ4n) is 2.78. The second-order valence-electron chi connectivity index (χ2n) is 6.69. The number of carbonyl (C=O) groups excluding carboxylic acids is 1. The van der Waals surface area contributed by atoms with Crippen molar-refractivity contribution in [2.45, 2.75) is 13.5 Å². The van der Waals surface area contributed by atoms with Crippen LogP contribution in [0.15, 0.2) is 72.3 Å². The van der Waals surface area contributed by atoms with Gasteiger partial charge in [-0.2, -0.15) is 5.26 Å². The summed E-state index contributed by atoms with van der Waals surface area (Å²) in [7, 11) is 0. The van der Waals surface area contributed by atoms with E-state index >= 15 is 0 Å². The molecular weight excluding hydrogens is 522 g/mol. The minimum Gasteiger partial charge on any atom is -0.494 e. The number of nitrogens with zero attached hydrogens (tertiary/aromatic N) is 1. The van der Waals surface area contributed by atoms with Crippen molar-refractivity contribution >= 4 is 40.3 Å². The lowest BCUT2D eigenvalue weighted by Crippen LogP contribution is -2.13. The molecule has 0 aromatic heterocycles. The lowest BCUT2D eigenvalue weighted by Gasteiger charge is -2.09. The molecule has 32 heavy (non-hydrogen) atoms. The molecule has 0 bridgehead atoms. The number of amides is 1. The Morgan fingerprint density at radius 2 is 1.81 bits per heavy atom. The number of hydrogen-bond donors (Lipinski definition) is 1. The molecule has 0 spiro atoms. The Morgan fingerprint density at radius 3 is 2.44 bits per heavy atom. The fraction of sp³-hybridized carbons (Fsp3) is 0.120. The molecule has 0 heterocycles. The summed E-state index contributed by atoms with van der Waals surface area (Å²) >= 11 is 2.13. The summed E-state index contributed by atoms with van der Waals surface area (Å²) in [4.78, 5) is 12.5. The maximum absolute atomic E-state index is 13.0. The van der Waals surface area contributed by atoms with E-state index in [0.29, 0.717) is 36.0 Å². The SMILES string of the molecule is CCOc1ccc(NC(=O)/C(C#N)=C\c2ccc(OCc3ccc(F)cc3)c(I)c2)cc1. The van der Waals surface area contributed by atoms with Crippen LogP contribution in [0.2, 0.25) is 0 Å². The largest absolute Gasteiger partial charge is 0.494 e. The molecule has 0 aliphatic heterocycles. The maximum atomic E-state index is 13.0. The highest BCUT2D eigenvalue weighted by molar-refractivity contribution is 14.1. The van der Waals surface area contributed by atoms with Crippen molar-refractivity contribution in [1.29, 1.82) is 5.26 Å². The van der Waals surface area contributed by atoms with Gasteiger partial charge in [0.2, 0.25) is 0 Å². The van der Waals surface area contributed by atoms with Gasteiger partial charge in [0.25, 0.3) is 5.91 Å². The lowest BCUT2D eigenvalue weighted by atomic mass is 10.1. The number of rotatable bonds is 8. The van der Waals surface area contributed by atoms with E-state index in [2.05, 4.69) is 27.9 Å². The first kappa shape index (κ1) is 23.3. The fourth-order valence-corrected chi connectivity index (χ4v) is 3.48. The molecule has 1 amide bonds. The van der Waals surface area contributed by atoms with E-state index in [4.69, 9.17) is 9.47 Å². The van der Waals surface area contributed by atoms with Gasteiger partial charge in [0.15, 0.2) is 0 Å². The zero-order chi connectivity index (χ0) is 22.9. The molecule has 0 atom stereocenters. The van der Waals surface area contributed by atoms with Crippen LogP contribution in [0.4, 0.5) is 10.1 Å². The van der Waals surface area contributed by atoms with Crippen LogP contribution in [0, 0.1) is 20.7 Å². The third-order valence-corrected chi connectivity index (χ3v) is 5.21. The van der Waals surface area contributed by atoms with E-state index < -0.39 is 5.91 Å². The molecule has 0 radical (unpaired) electrons. The molecule has 5 nitrogen and oxygen atoms in total. The van der Waals surface area contributed by atoms with E-state index in [-0.39, 0.29) is 11.4 Å². The van der Waals surface area contributed by atoms with E-state index in [0.717, 1.165) is 9.13 Å². The van der Waals surface area contributed by atoms with Gasteiger partial charge in [0.05, 0.1) is 10.2 Å². The summed E-state index contributed by atoms with van der Waals surface area (Å²) < 4.78 is 25.0. The molecular formula is C25H20FIN2O3. The van der Waals surface area contributed by atoms with Gasteiger partial charge in [-0.1, -0.05) is 18.2 Å². The highest BCUT2D eigenvalue weighted by Crippen LogP contribution is 2.25. The number of benzene rings is 3. The second-order valence-corrected chi connectivity index (χ2v) is 7.85. The van der Waals surface area contributed by atoms with Crippen molar-refractivity contribution in [3.8, 4) is 17.6 Å². The zero-order valence-electron chi connectivity index (χ0n) is 17.3. The number of nitrogens with one attached hydrogen (secondary N) is 1. The predicted molar refractivity (Wildman–Crippen MR) is 130 cm³/mol. The van der Waals surface area contributed by atoms with Gasteiger partial charge < -0.3 is 14.8 Å². The number of nitriles is 1. The van der Waals surface area contributed by atoms with Gasteiger partial charge in [-0.25, -0.2) is 4.39 Å². The Morgan fingerprint density at radius 1 is 1.09 bits per heavy atom. The Hall–Kier alpha value is -3.38. The topological polar surface area (TPSA) is 71.3 Å². The zero-order valence-corrected chi connectivity index (χ0v) is 19.4. The van der Waals surface area contributed by atoms with Crippen LogP contribution in [0.25, 0.3) is 6.08 Å². The smallest absolute Gasteiger partial charge is 0.266 e. The van der Waals surface area contributed by atoms with Gasteiger partial charge in [0.1, 0.15) is 35.6 Å². The highest BCUT2D eigenvalue weighted by Gasteiger charge is 2.11. The van der Waals surface area contributed by atoms with Crippen LogP contribution in [-0.4, -0.2) is 12.5 Å². The lowest BCUT2D eigenvalue weighted by molar-refractivity contribution is -0.112. The van der Waals surface area contributed by atoms with E-state index in [1.807, 2.05) is 19.1 Å². The Labute approximate surface area is 199 Å². The first-order valence-corrected chi connectivity index (χ1v) is 10.9. The molecule has 3 aromatic rings. The van der Waals surface area contributed by atoms with Crippen LogP contribution in [0.1, 0.15) is 18.1 Å². The third kappa shape index (κ3) is 6.56. The van der Waals surface area contributed by atoms with Crippen molar-refractivity contribution < 1.29 is 18.7 Å². The summed E-state index contributed by atoms with van der Waals surface area (Å²) in [6, 6.07) is 20.4. The molecule has 3 rings (SSSR count). The van der Waals surface area contributed by atoms with Crippen LogP contribution in [-0.2, 0) is 11.4 Å². The minimum atomic E-state index is -0.497. The number of anilines is 1. The van der Waals surface area contributed by atoms with Gasteiger partial charge in [-0.05, 0) is 95.2 Å². The highest BCUT2D eigenvalue weighted by atomic mass is 127. The molecule has 0 unspecified atom stereocenters. The normalized spacial score (nSPS) is 10.9. The maximum Gasteiger partial charge on any atom is 0.266 e. The standard InChI is InChI=1S/C25H20FIN2O3/c1-2-31-22-10-8-21(9-11-22)29-25(30)19(15-28)13-18-5-12-24(23(27)14-18)32-16-17-3-6-20(26)7-4-17/h3-14H,2,16H2,1H3,(H,29,30)/b19-13-. The van der Waals surface area contributed by atoms with Crippen molar-refractivity contribution in [2.24, 2.45) is 0 Å². The molecule has 3 aromatic carbocycles. The van der Waals surface area contributed by atoms with Crippen molar-refractivity contribution in [2.75, 3.05) is 11.9 Å². The van der Waals surface area contributed by atoms with Crippen LogP contribution < -0.4 is 14.8 Å². The first-order chi connectivity index (χ1) is 15.5. The molecule has 0 aliphatic carbocycles. The molecule has 1 N–H and O–H groups in total. The Kier molecular flexibility index (Phi) is 8.22. The van der Waals surface area contributed by atoms with Crippen molar-refractivity contribution in [3.63, 3.8) is 0 Å². The number of halogens is 2. The average Bonchev–Trinajstić information content (AvgIpc) is 2.79. The van der Waals surface area contributed by atoms with E-state index in [1.54, 1.807) is 48.5 Å². The monoisotopic (exact) mass is 542 g/mol.